The fourth-order valence-corrected chi connectivity index (χ4v) is 4.15. The predicted octanol–water partition coefficient (Wildman–Crippen LogP) is 9.16. The van der Waals surface area contributed by atoms with Gasteiger partial charge < -0.3 is 0 Å². The molecule has 4 rings (SSSR count). The van der Waals surface area contributed by atoms with Crippen molar-refractivity contribution in [3.8, 4) is 34.1 Å². The van der Waals surface area contributed by atoms with Gasteiger partial charge in [0.25, 0.3) is 0 Å². The molecule has 0 aromatic heterocycles. The molecule has 4 aromatic carbocycles. The molecule has 0 saturated heterocycles. The van der Waals surface area contributed by atoms with E-state index in [2.05, 4.69) is 18.8 Å². The van der Waals surface area contributed by atoms with Gasteiger partial charge in [-0.15, -0.1) is 0 Å². The second-order valence-corrected chi connectivity index (χ2v) is 9.00. The van der Waals surface area contributed by atoms with Crippen molar-refractivity contribution in [2.75, 3.05) is 0 Å². The number of aryl methyl sites for hydroxylation is 2. The summed E-state index contributed by atoms with van der Waals surface area (Å²) in [5.41, 5.74) is 3.73. The van der Waals surface area contributed by atoms with Crippen molar-refractivity contribution in [3.63, 3.8) is 0 Å². The van der Waals surface area contributed by atoms with Crippen molar-refractivity contribution < 1.29 is 22.0 Å². The van der Waals surface area contributed by atoms with Gasteiger partial charge in [0.1, 0.15) is 11.6 Å². The van der Waals surface area contributed by atoms with E-state index in [1.165, 1.54) is 12.1 Å². The van der Waals surface area contributed by atoms with Crippen molar-refractivity contribution in [1.29, 1.82) is 0 Å². The molecule has 0 unspecified atom stereocenters. The Hall–Kier alpha value is -3.91. The Morgan fingerprint density at radius 2 is 1.30 bits per heavy atom. The number of rotatable bonds is 6. The summed E-state index contributed by atoms with van der Waals surface area (Å²) in [5.74, 6) is 0.506. The normalized spacial score (nSPS) is 10.8. The Morgan fingerprint density at radius 3 is 1.95 bits per heavy atom. The molecule has 188 valence electrons. The first-order valence-corrected chi connectivity index (χ1v) is 12.1. The minimum absolute atomic E-state index is 0.0522. The van der Waals surface area contributed by atoms with Crippen LogP contribution in [0.3, 0.4) is 0 Å². The molecule has 0 fully saturated rings. The van der Waals surface area contributed by atoms with E-state index in [-0.39, 0.29) is 16.9 Å². The summed E-state index contributed by atoms with van der Waals surface area (Å²) in [6.07, 6.45) is 4.14. The fraction of sp³-hybridized carbons (Fsp3) is 0.188. The van der Waals surface area contributed by atoms with E-state index in [1.54, 1.807) is 43.3 Å². The first-order chi connectivity index (χ1) is 17.8. The van der Waals surface area contributed by atoms with Crippen LogP contribution < -0.4 is 0 Å². The van der Waals surface area contributed by atoms with E-state index < -0.39 is 23.3 Å². The quantitative estimate of drug-likeness (QED) is 0.106. The highest BCUT2D eigenvalue weighted by atomic mass is 19.2. The molecule has 0 aliphatic rings. The number of hydrogen-bond donors (Lipinski definition) is 0. The summed E-state index contributed by atoms with van der Waals surface area (Å²) >= 11 is 0. The summed E-state index contributed by atoms with van der Waals surface area (Å²) in [6.45, 7) is 3.83. The third-order valence-electron chi connectivity index (χ3n) is 6.25. The lowest BCUT2D eigenvalue weighted by atomic mass is 9.98. The minimum Gasteiger partial charge on any atom is -0.206 e. The van der Waals surface area contributed by atoms with Crippen LogP contribution >= 0.6 is 0 Å². The molecule has 0 nitrogen and oxygen atoms in total. The summed E-state index contributed by atoms with van der Waals surface area (Å²) < 4.78 is 69.9. The van der Waals surface area contributed by atoms with Crippen LogP contribution in [-0.2, 0) is 6.42 Å². The molecule has 37 heavy (non-hydrogen) atoms. The number of hydrogen-bond acceptors (Lipinski definition) is 0. The van der Waals surface area contributed by atoms with E-state index in [4.69, 9.17) is 0 Å². The van der Waals surface area contributed by atoms with E-state index in [9.17, 15) is 22.0 Å². The molecule has 0 radical (unpaired) electrons. The lowest BCUT2D eigenvalue weighted by Crippen LogP contribution is -1.95. The topological polar surface area (TPSA) is 0 Å². The van der Waals surface area contributed by atoms with Gasteiger partial charge in [-0.1, -0.05) is 55.9 Å². The smallest absolute Gasteiger partial charge is 0.194 e. The van der Waals surface area contributed by atoms with Crippen LogP contribution in [0, 0.1) is 47.9 Å². The predicted molar refractivity (Wildman–Crippen MR) is 137 cm³/mol. The van der Waals surface area contributed by atoms with E-state index in [0.717, 1.165) is 48.9 Å². The van der Waals surface area contributed by atoms with Crippen molar-refractivity contribution in [3.05, 3.63) is 118 Å². The van der Waals surface area contributed by atoms with Crippen LogP contribution in [0.4, 0.5) is 22.0 Å². The van der Waals surface area contributed by atoms with Crippen molar-refractivity contribution >= 4 is 0 Å². The zero-order valence-electron chi connectivity index (χ0n) is 20.6. The molecule has 0 atom stereocenters. The molecule has 0 spiro atoms. The lowest BCUT2D eigenvalue weighted by molar-refractivity contribution is 0.447. The number of benzene rings is 4. The molecule has 0 amide bonds. The molecule has 0 aliphatic carbocycles. The van der Waals surface area contributed by atoms with Gasteiger partial charge in [-0.2, -0.15) is 0 Å². The summed E-state index contributed by atoms with van der Waals surface area (Å²) in [5, 5.41) is 0. The average Bonchev–Trinajstić information content (AvgIpc) is 2.88. The minimum atomic E-state index is -1.60. The lowest BCUT2D eigenvalue weighted by Gasteiger charge is -2.08. The maximum atomic E-state index is 14.8. The van der Waals surface area contributed by atoms with Gasteiger partial charge in [0.2, 0.25) is 0 Å². The average molecular weight is 505 g/mol. The Balaban J connectivity index is 1.53. The van der Waals surface area contributed by atoms with Gasteiger partial charge in [-0.25, -0.2) is 22.0 Å². The van der Waals surface area contributed by atoms with Crippen molar-refractivity contribution in [1.82, 2.24) is 0 Å². The number of halogens is 5. The highest BCUT2D eigenvalue weighted by molar-refractivity contribution is 5.68. The molecule has 4 aromatic rings. The molecule has 0 bridgehead atoms. The van der Waals surface area contributed by atoms with Crippen LogP contribution in [0.2, 0.25) is 0 Å². The van der Waals surface area contributed by atoms with Crippen LogP contribution in [-0.4, -0.2) is 0 Å². The van der Waals surface area contributed by atoms with Crippen molar-refractivity contribution in [2.24, 2.45) is 0 Å². The molecular formula is C32H25F5. The zero-order valence-corrected chi connectivity index (χ0v) is 20.6. The Bertz CT molecular complexity index is 1470. The third-order valence-corrected chi connectivity index (χ3v) is 6.25. The maximum absolute atomic E-state index is 14.8. The Labute approximate surface area is 213 Å². The Morgan fingerprint density at radius 1 is 0.622 bits per heavy atom. The van der Waals surface area contributed by atoms with Crippen LogP contribution in [0.5, 0.6) is 0 Å². The molecule has 0 aliphatic heterocycles. The maximum Gasteiger partial charge on any atom is 0.194 e. The molecule has 0 heterocycles. The second-order valence-electron chi connectivity index (χ2n) is 9.00. The standard InChI is InChI=1S/C32H25F5/c1-3-4-5-6-22-10-14-26(28(33)16-22)23-11-7-21(8-12-23)9-13-24-17-29(34)27(15-20(24)2)25-18-30(35)32(37)31(36)19-25/h7-8,10-12,14-19H,3-6H2,1-2H3. The second kappa shape index (κ2) is 11.4. The number of unbranched alkanes of at least 4 members (excludes halogenated alkanes) is 2. The first kappa shape index (κ1) is 26.2. The van der Waals surface area contributed by atoms with Crippen LogP contribution in [0.25, 0.3) is 22.3 Å². The summed E-state index contributed by atoms with van der Waals surface area (Å²) in [6, 6.07) is 16.6. The van der Waals surface area contributed by atoms with E-state index in [1.807, 2.05) is 6.07 Å². The third kappa shape index (κ3) is 6.09. The van der Waals surface area contributed by atoms with E-state index in [0.29, 0.717) is 22.3 Å². The SMILES string of the molecule is CCCCCc1ccc(-c2ccc(C#Cc3cc(F)c(-c4cc(F)c(F)c(F)c4)cc3C)cc2)c(F)c1. The highest BCUT2D eigenvalue weighted by Crippen LogP contribution is 2.29. The molecule has 0 saturated carbocycles. The van der Waals surface area contributed by atoms with Gasteiger partial charge in [0.05, 0.1) is 0 Å². The molecular weight excluding hydrogens is 479 g/mol. The summed E-state index contributed by atoms with van der Waals surface area (Å²) in [7, 11) is 0. The van der Waals surface area contributed by atoms with E-state index >= 15 is 0 Å². The molecule has 0 N–H and O–H groups in total. The van der Waals surface area contributed by atoms with Crippen LogP contribution in [0.15, 0.2) is 66.7 Å². The molecule has 5 heteroatoms. The Kier molecular flexibility index (Phi) is 8.08. The van der Waals surface area contributed by atoms with Crippen LogP contribution in [0.1, 0.15) is 48.4 Å². The highest BCUT2D eigenvalue weighted by Gasteiger charge is 2.15. The zero-order chi connectivity index (χ0) is 26.5. The van der Waals surface area contributed by atoms with Gasteiger partial charge in [-0.05, 0) is 84.5 Å². The fourth-order valence-electron chi connectivity index (χ4n) is 4.15. The summed E-state index contributed by atoms with van der Waals surface area (Å²) in [4.78, 5) is 0. The monoisotopic (exact) mass is 504 g/mol. The van der Waals surface area contributed by atoms with Gasteiger partial charge in [-0.3, -0.25) is 0 Å². The van der Waals surface area contributed by atoms with Gasteiger partial charge in [0.15, 0.2) is 17.5 Å². The van der Waals surface area contributed by atoms with Gasteiger partial charge >= 0.3 is 0 Å². The first-order valence-electron chi connectivity index (χ1n) is 12.1. The largest absolute Gasteiger partial charge is 0.206 e. The van der Waals surface area contributed by atoms with Gasteiger partial charge in [0, 0.05) is 22.3 Å². The van der Waals surface area contributed by atoms with Crippen molar-refractivity contribution in [2.45, 2.75) is 39.5 Å².